The fourth-order valence-corrected chi connectivity index (χ4v) is 3.64. The quantitative estimate of drug-likeness (QED) is 0.776. The Morgan fingerprint density at radius 3 is 2.24 bits per heavy atom. The van der Waals surface area contributed by atoms with E-state index in [0.29, 0.717) is 16.5 Å². The Bertz CT molecular complexity index is 607. The Morgan fingerprint density at radius 2 is 1.67 bits per heavy atom. The van der Waals surface area contributed by atoms with E-state index in [-0.39, 0.29) is 19.0 Å². The predicted molar refractivity (Wildman–Crippen MR) is 87.8 cm³/mol. The largest absolute Gasteiger partial charge is 0.395 e. The SMILES string of the molecule is OCC(CO)(Cc1cc(F)cc(Br)c1)c1ccccc1Br. The molecule has 0 amide bonds. The van der Waals surface area contributed by atoms with Gasteiger partial charge in [-0.2, -0.15) is 0 Å². The maximum atomic E-state index is 13.5. The third-order valence-electron chi connectivity index (χ3n) is 3.52. The summed E-state index contributed by atoms with van der Waals surface area (Å²) < 4.78 is 15.0. The summed E-state index contributed by atoms with van der Waals surface area (Å²) in [5.74, 6) is -0.351. The van der Waals surface area contributed by atoms with Crippen LogP contribution in [-0.2, 0) is 11.8 Å². The summed E-state index contributed by atoms with van der Waals surface area (Å²) in [4.78, 5) is 0. The fourth-order valence-electron chi connectivity index (χ4n) is 2.42. The number of aliphatic hydroxyl groups is 2. The van der Waals surface area contributed by atoms with Crippen LogP contribution in [0, 0.1) is 5.82 Å². The maximum absolute atomic E-state index is 13.5. The highest BCUT2D eigenvalue weighted by atomic mass is 79.9. The lowest BCUT2D eigenvalue weighted by Gasteiger charge is -2.31. The van der Waals surface area contributed by atoms with Crippen LogP contribution in [0.25, 0.3) is 0 Å². The van der Waals surface area contributed by atoms with Crippen molar-refractivity contribution in [3.8, 4) is 0 Å². The van der Waals surface area contributed by atoms with E-state index in [0.717, 1.165) is 10.0 Å². The first kappa shape index (κ1) is 16.6. The molecule has 112 valence electrons. The Hall–Kier alpha value is -0.750. The lowest BCUT2D eigenvalue weighted by molar-refractivity contribution is 0.115. The van der Waals surface area contributed by atoms with Crippen molar-refractivity contribution in [2.75, 3.05) is 13.2 Å². The molecule has 0 bridgehead atoms. The van der Waals surface area contributed by atoms with Crippen molar-refractivity contribution in [2.45, 2.75) is 11.8 Å². The molecule has 0 saturated heterocycles. The van der Waals surface area contributed by atoms with Crippen LogP contribution in [0.1, 0.15) is 11.1 Å². The van der Waals surface area contributed by atoms with Gasteiger partial charge in [-0.25, -0.2) is 4.39 Å². The minimum Gasteiger partial charge on any atom is -0.395 e. The average Bonchev–Trinajstić information content (AvgIpc) is 2.44. The molecule has 2 nitrogen and oxygen atoms in total. The molecule has 0 heterocycles. The van der Waals surface area contributed by atoms with Gasteiger partial charge in [0.25, 0.3) is 0 Å². The van der Waals surface area contributed by atoms with Gasteiger partial charge in [0.2, 0.25) is 0 Å². The van der Waals surface area contributed by atoms with Crippen molar-refractivity contribution < 1.29 is 14.6 Å². The third-order valence-corrected chi connectivity index (χ3v) is 4.66. The average molecular weight is 418 g/mol. The summed E-state index contributed by atoms with van der Waals surface area (Å²) in [6, 6.07) is 12.0. The van der Waals surface area contributed by atoms with Crippen molar-refractivity contribution in [1.29, 1.82) is 0 Å². The number of hydrogen-bond donors (Lipinski definition) is 2. The smallest absolute Gasteiger partial charge is 0.124 e. The molecule has 0 fully saturated rings. The number of aliphatic hydroxyl groups excluding tert-OH is 2. The zero-order valence-electron chi connectivity index (χ0n) is 11.2. The first-order valence-electron chi connectivity index (χ1n) is 6.42. The minimum absolute atomic E-state index is 0.236. The van der Waals surface area contributed by atoms with E-state index >= 15 is 0 Å². The topological polar surface area (TPSA) is 40.5 Å². The van der Waals surface area contributed by atoms with Crippen molar-refractivity contribution in [2.24, 2.45) is 0 Å². The van der Waals surface area contributed by atoms with Crippen molar-refractivity contribution in [1.82, 2.24) is 0 Å². The molecule has 0 aliphatic heterocycles. The third kappa shape index (κ3) is 3.72. The number of hydrogen-bond acceptors (Lipinski definition) is 2. The van der Waals surface area contributed by atoms with Gasteiger partial charge in [-0.05, 0) is 41.8 Å². The van der Waals surface area contributed by atoms with Gasteiger partial charge in [-0.15, -0.1) is 0 Å². The molecule has 0 atom stereocenters. The molecule has 0 aliphatic carbocycles. The van der Waals surface area contributed by atoms with Crippen LogP contribution in [0.2, 0.25) is 0 Å². The number of rotatable bonds is 5. The molecular weight excluding hydrogens is 403 g/mol. The van der Waals surface area contributed by atoms with Gasteiger partial charge in [0, 0.05) is 14.4 Å². The lowest BCUT2D eigenvalue weighted by Crippen LogP contribution is -2.37. The molecule has 2 aromatic carbocycles. The highest BCUT2D eigenvalue weighted by Crippen LogP contribution is 2.34. The molecule has 0 unspecified atom stereocenters. The predicted octanol–water partition coefficient (Wildman–Crippen LogP) is 3.82. The summed E-state index contributed by atoms with van der Waals surface area (Å²) >= 11 is 6.71. The second-order valence-electron chi connectivity index (χ2n) is 5.03. The van der Waals surface area contributed by atoms with Crippen LogP contribution in [0.5, 0.6) is 0 Å². The van der Waals surface area contributed by atoms with E-state index < -0.39 is 5.41 Å². The molecule has 0 spiro atoms. The molecule has 2 N–H and O–H groups in total. The van der Waals surface area contributed by atoms with Crippen LogP contribution < -0.4 is 0 Å². The first-order valence-corrected chi connectivity index (χ1v) is 8.01. The molecule has 0 saturated carbocycles. The second-order valence-corrected chi connectivity index (χ2v) is 6.80. The van der Waals surface area contributed by atoms with E-state index in [9.17, 15) is 14.6 Å². The Kier molecular flexibility index (Phi) is 5.54. The lowest BCUT2D eigenvalue weighted by atomic mass is 9.77. The van der Waals surface area contributed by atoms with Crippen molar-refractivity contribution >= 4 is 31.9 Å². The molecule has 0 aromatic heterocycles. The van der Waals surface area contributed by atoms with Crippen LogP contribution >= 0.6 is 31.9 Å². The molecule has 21 heavy (non-hydrogen) atoms. The van der Waals surface area contributed by atoms with Crippen LogP contribution in [-0.4, -0.2) is 23.4 Å². The molecule has 0 radical (unpaired) electrons. The van der Waals surface area contributed by atoms with Gasteiger partial charge in [0.1, 0.15) is 5.82 Å². The van der Waals surface area contributed by atoms with Gasteiger partial charge < -0.3 is 10.2 Å². The summed E-state index contributed by atoms with van der Waals surface area (Å²) in [5.41, 5.74) is 0.643. The number of halogens is 3. The standard InChI is InChI=1S/C16H15Br2FO2/c17-12-5-11(6-13(19)7-12)8-16(9-20,10-21)14-3-1-2-4-15(14)18/h1-7,20-21H,8-10H2. The van der Waals surface area contributed by atoms with Crippen LogP contribution in [0.15, 0.2) is 51.4 Å². The van der Waals surface area contributed by atoms with Gasteiger partial charge in [-0.3, -0.25) is 0 Å². The Balaban J connectivity index is 2.45. The van der Waals surface area contributed by atoms with Crippen molar-refractivity contribution in [3.05, 3.63) is 68.4 Å². The molecule has 2 aromatic rings. The maximum Gasteiger partial charge on any atom is 0.124 e. The van der Waals surface area contributed by atoms with E-state index in [1.807, 2.05) is 24.3 Å². The van der Waals surface area contributed by atoms with E-state index in [2.05, 4.69) is 31.9 Å². The highest BCUT2D eigenvalue weighted by molar-refractivity contribution is 9.10. The molecule has 0 aliphatic rings. The molecule has 5 heteroatoms. The molecule has 2 rings (SSSR count). The Labute approximate surface area is 139 Å². The van der Waals surface area contributed by atoms with Crippen LogP contribution in [0.4, 0.5) is 4.39 Å². The Morgan fingerprint density at radius 1 is 1.00 bits per heavy atom. The summed E-state index contributed by atoms with van der Waals surface area (Å²) in [6.45, 7) is -0.472. The van der Waals surface area contributed by atoms with Gasteiger partial charge in [0.15, 0.2) is 0 Å². The zero-order valence-corrected chi connectivity index (χ0v) is 14.4. The van der Waals surface area contributed by atoms with E-state index in [4.69, 9.17) is 0 Å². The van der Waals surface area contributed by atoms with Crippen molar-refractivity contribution in [3.63, 3.8) is 0 Å². The second kappa shape index (κ2) is 7.01. The van der Waals surface area contributed by atoms with Crippen LogP contribution in [0.3, 0.4) is 0 Å². The van der Waals surface area contributed by atoms with E-state index in [1.54, 1.807) is 6.07 Å². The van der Waals surface area contributed by atoms with E-state index in [1.165, 1.54) is 12.1 Å². The zero-order chi connectivity index (χ0) is 15.5. The minimum atomic E-state index is -0.868. The first-order chi connectivity index (χ1) is 10.0. The summed E-state index contributed by atoms with van der Waals surface area (Å²) in [5, 5.41) is 19.7. The summed E-state index contributed by atoms with van der Waals surface area (Å²) in [7, 11) is 0. The van der Waals surface area contributed by atoms with Gasteiger partial charge >= 0.3 is 0 Å². The summed E-state index contributed by atoms with van der Waals surface area (Å²) in [6.07, 6.45) is 0.332. The normalized spacial score (nSPS) is 11.7. The van der Waals surface area contributed by atoms with Gasteiger partial charge in [0.05, 0.1) is 13.2 Å². The fraction of sp³-hybridized carbons (Fsp3) is 0.250. The molecular formula is C16H15Br2FO2. The van der Waals surface area contributed by atoms with Gasteiger partial charge in [-0.1, -0.05) is 50.1 Å². The highest BCUT2D eigenvalue weighted by Gasteiger charge is 2.33. The monoisotopic (exact) mass is 416 g/mol. The number of benzene rings is 2.